The van der Waals surface area contributed by atoms with Gasteiger partial charge in [0, 0.05) is 11.6 Å². The molecule has 0 N–H and O–H groups in total. The highest BCUT2D eigenvalue weighted by molar-refractivity contribution is 6.34. The topological polar surface area (TPSA) is 43.1 Å². The van der Waals surface area contributed by atoms with Crippen molar-refractivity contribution in [1.29, 1.82) is 0 Å². The van der Waals surface area contributed by atoms with E-state index in [1.165, 1.54) is 0 Å². The van der Waals surface area contributed by atoms with E-state index < -0.39 is 0 Å². The Morgan fingerprint density at radius 2 is 2.19 bits per heavy atom. The number of benzene rings is 1. The molecule has 4 heteroatoms. The van der Waals surface area contributed by atoms with Crippen LogP contribution in [0.5, 0.6) is 0 Å². The number of aryl methyl sites for hydroxylation is 1. The Balaban J connectivity index is 2.18. The number of hydrogen-bond donors (Lipinski definition) is 0. The van der Waals surface area contributed by atoms with Crippen LogP contribution in [0.25, 0.3) is 0 Å². The van der Waals surface area contributed by atoms with Gasteiger partial charge in [0.25, 0.3) is 0 Å². The van der Waals surface area contributed by atoms with Crippen LogP contribution >= 0.6 is 11.6 Å². The molecule has 0 atom stereocenters. The summed E-state index contributed by atoms with van der Waals surface area (Å²) in [4.78, 5) is 11.9. The lowest BCUT2D eigenvalue weighted by Gasteiger charge is -2.00. The number of hydrogen-bond acceptors (Lipinski definition) is 3. The fourth-order valence-corrected chi connectivity index (χ4v) is 1.68. The lowest BCUT2D eigenvalue weighted by atomic mass is 10.1. The molecule has 0 saturated heterocycles. The first-order chi connectivity index (χ1) is 7.66. The van der Waals surface area contributed by atoms with Gasteiger partial charge in [-0.2, -0.15) is 0 Å². The predicted octanol–water partition coefficient (Wildman–Crippen LogP) is 3.06. The summed E-state index contributed by atoms with van der Waals surface area (Å²) in [6.45, 7) is 1.81. The second kappa shape index (κ2) is 4.49. The zero-order valence-electron chi connectivity index (χ0n) is 8.74. The Morgan fingerprint density at radius 1 is 1.44 bits per heavy atom. The predicted molar refractivity (Wildman–Crippen MR) is 60.7 cm³/mol. The third-order valence-corrected chi connectivity index (χ3v) is 2.52. The molecule has 1 aromatic carbocycles. The number of ketones is 1. The van der Waals surface area contributed by atoms with Crippen LogP contribution in [-0.2, 0) is 6.42 Å². The molecule has 0 radical (unpaired) electrons. The van der Waals surface area contributed by atoms with E-state index in [1.807, 2.05) is 6.92 Å². The van der Waals surface area contributed by atoms with Crippen LogP contribution in [0.2, 0.25) is 5.02 Å². The van der Waals surface area contributed by atoms with E-state index in [0.717, 1.165) is 5.69 Å². The van der Waals surface area contributed by atoms with Gasteiger partial charge in [-0.25, -0.2) is 0 Å². The monoisotopic (exact) mass is 235 g/mol. The lowest BCUT2D eigenvalue weighted by Crippen LogP contribution is -2.03. The Hall–Kier alpha value is -1.61. The van der Waals surface area contributed by atoms with Gasteiger partial charge in [0.05, 0.1) is 17.1 Å². The molecule has 0 aliphatic rings. The summed E-state index contributed by atoms with van der Waals surface area (Å²) in [6.07, 6.45) is 0.185. The minimum atomic E-state index is -0.0678. The zero-order valence-corrected chi connectivity index (χ0v) is 9.49. The van der Waals surface area contributed by atoms with Crippen molar-refractivity contribution in [2.45, 2.75) is 13.3 Å². The average molecular weight is 236 g/mol. The van der Waals surface area contributed by atoms with E-state index in [9.17, 15) is 4.79 Å². The van der Waals surface area contributed by atoms with Gasteiger partial charge >= 0.3 is 0 Å². The van der Waals surface area contributed by atoms with E-state index in [2.05, 4.69) is 5.16 Å². The Labute approximate surface area is 98.0 Å². The minimum Gasteiger partial charge on any atom is -0.361 e. The molecule has 1 aromatic heterocycles. The van der Waals surface area contributed by atoms with Gasteiger partial charge in [0.2, 0.25) is 0 Å². The molecule has 0 aliphatic carbocycles. The molecule has 0 unspecified atom stereocenters. The number of aromatic nitrogens is 1. The van der Waals surface area contributed by atoms with Crippen molar-refractivity contribution >= 4 is 17.4 Å². The molecule has 0 bridgehead atoms. The number of nitrogens with zero attached hydrogens (tertiary/aromatic N) is 1. The molecule has 1 heterocycles. The van der Waals surface area contributed by atoms with Crippen LogP contribution in [0.1, 0.15) is 21.8 Å². The zero-order chi connectivity index (χ0) is 11.5. The summed E-state index contributed by atoms with van der Waals surface area (Å²) in [5.74, 6) is 0.490. The summed E-state index contributed by atoms with van der Waals surface area (Å²) < 4.78 is 4.98. The lowest BCUT2D eigenvalue weighted by molar-refractivity contribution is 0.0985. The van der Waals surface area contributed by atoms with Gasteiger partial charge in [-0.15, -0.1) is 0 Å². The van der Waals surface area contributed by atoms with Gasteiger partial charge in [-0.3, -0.25) is 4.79 Å². The van der Waals surface area contributed by atoms with Crippen molar-refractivity contribution in [2.75, 3.05) is 0 Å². The third kappa shape index (κ3) is 2.31. The molecule has 0 spiro atoms. The van der Waals surface area contributed by atoms with Crippen molar-refractivity contribution < 1.29 is 9.32 Å². The maximum Gasteiger partial charge on any atom is 0.172 e. The van der Waals surface area contributed by atoms with Gasteiger partial charge in [0.1, 0.15) is 5.76 Å². The molecule has 0 aliphatic heterocycles. The largest absolute Gasteiger partial charge is 0.361 e. The van der Waals surface area contributed by atoms with Crippen LogP contribution in [0, 0.1) is 6.92 Å². The smallest absolute Gasteiger partial charge is 0.172 e. The summed E-state index contributed by atoms with van der Waals surface area (Å²) in [7, 11) is 0. The maximum atomic E-state index is 11.9. The van der Waals surface area contributed by atoms with Crippen molar-refractivity contribution in [2.24, 2.45) is 0 Å². The average Bonchev–Trinajstić information content (AvgIpc) is 2.64. The van der Waals surface area contributed by atoms with Crippen LogP contribution in [0.3, 0.4) is 0 Å². The molecule has 82 valence electrons. The highest BCUT2D eigenvalue weighted by Crippen LogP contribution is 2.17. The second-order valence-electron chi connectivity index (χ2n) is 3.51. The number of halogens is 1. The number of Topliss-reactive ketones (excluding diaryl/α,β-unsaturated/α-hetero) is 1. The molecule has 2 aromatic rings. The normalized spacial score (nSPS) is 10.4. The molecule has 0 saturated carbocycles. The fraction of sp³-hybridized carbons (Fsp3) is 0.167. The molecular formula is C12H10ClNO2. The summed E-state index contributed by atoms with van der Waals surface area (Å²) in [6, 6.07) is 8.71. The molecule has 0 amide bonds. The fourth-order valence-electron chi connectivity index (χ4n) is 1.44. The van der Waals surface area contributed by atoms with Gasteiger partial charge < -0.3 is 4.52 Å². The third-order valence-electron chi connectivity index (χ3n) is 2.19. The van der Waals surface area contributed by atoms with Crippen LogP contribution in [0.4, 0.5) is 0 Å². The van der Waals surface area contributed by atoms with Gasteiger partial charge in [-0.1, -0.05) is 28.9 Å². The maximum absolute atomic E-state index is 11.9. The summed E-state index contributed by atoms with van der Waals surface area (Å²) >= 11 is 5.92. The minimum absolute atomic E-state index is 0.0678. The molecule has 0 fully saturated rings. The Morgan fingerprint density at radius 3 is 2.81 bits per heavy atom. The highest BCUT2D eigenvalue weighted by Gasteiger charge is 2.12. The molecule has 2 rings (SSSR count). The highest BCUT2D eigenvalue weighted by atomic mass is 35.5. The number of rotatable bonds is 3. The second-order valence-corrected chi connectivity index (χ2v) is 3.92. The van der Waals surface area contributed by atoms with Crippen LogP contribution in [-0.4, -0.2) is 10.9 Å². The van der Waals surface area contributed by atoms with Crippen LogP contribution < -0.4 is 0 Å². The van der Waals surface area contributed by atoms with E-state index in [4.69, 9.17) is 16.1 Å². The molecule has 16 heavy (non-hydrogen) atoms. The quantitative estimate of drug-likeness (QED) is 0.768. The van der Waals surface area contributed by atoms with E-state index in [1.54, 1.807) is 30.3 Å². The Bertz CT molecular complexity index is 519. The van der Waals surface area contributed by atoms with Crippen molar-refractivity contribution in [3.63, 3.8) is 0 Å². The van der Waals surface area contributed by atoms with E-state index in [0.29, 0.717) is 16.3 Å². The van der Waals surface area contributed by atoms with Crippen molar-refractivity contribution in [1.82, 2.24) is 5.16 Å². The first-order valence-corrected chi connectivity index (χ1v) is 5.24. The molecule has 3 nitrogen and oxygen atoms in total. The van der Waals surface area contributed by atoms with Gasteiger partial charge in [-0.05, 0) is 19.1 Å². The standard InChI is InChI=1S/C12H10ClNO2/c1-8-6-9(16-14-8)7-12(15)10-4-2-3-5-11(10)13/h2-6H,7H2,1H3. The first-order valence-electron chi connectivity index (χ1n) is 4.87. The van der Waals surface area contributed by atoms with E-state index in [-0.39, 0.29) is 12.2 Å². The van der Waals surface area contributed by atoms with Gasteiger partial charge in [0.15, 0.2) is 5.78 Å². The molecular weight excluding hydrogens is 226 g/mol. The van der Waals surface area contributed by atoms with E-state index >= 15 is 0 Å². The van der Waals surface area contributed by atoms with Crippen molar-refractivity contribution in [3.8, 4) is 0 Å². The van der Waals surface area contributed by atoms with Crippen molar-refractivity contribution in [3.05, 3.63) is 52.4 Å². The number of carbonyl (C=O) groups excluding carboxylic acids is 1. The van der Waals surface area contributed by atoms with Crippen LogP contribution in [0.15, 0.2) is 34.9 Å². The summed E-state index contributed by atoms with van der Waals surface area (Å²) in [5, 5.41) is 4.19. The SMILES string of the molecule is Cc1cc(CC(=O)c2ccccc2Cl)on1. The number of carbonyl (C=O) groups is 1. The Kier molecular flexibility index (Phi) is 3.06. The first kappa shape index (κ1) is 10.9. The summed E-state index contributed by atoms with van der Waals surface area (Å²) in [5.41, 5.74) is 1.28.